The van der Waals surface area contributed by atoms with Crippen molar-refractivity contribution in [1.82, 2.24) is 5.32 Å². The van der Waals surface area contributed by atoms with Gasteiger partial charge in [0.2, 0.25) is 0 Å². The summed E-state index contributed by atoms with van der Waals surface area (Å²) in [5, 5.41) is 2.63. The van der Waals surface area contributed by atoms with E-state index in [-0.39, 0.29) is 0 Å². The molecule has 0 aliphatic carbocycles. The van der Waals surface area contributed by atoms with Crippen molar-refractivity contribution in [3.8, 4) is 0 Å². The third-order valence-electron chi connectivity index (χ3n) is 2.90. The van der Waals surface area contributed by atoms with E-state index in [1.807, 2.05) is 31.2 Å². The average molecular weight is 363 g/mol. The van der Waals surface area contributed by atoms with Gasteiger partial charge in [0.1, 0.15) is 17.2 Å². The normalized spacial score (nSPS) is 12.3. The van der Waals surface area contributed by atoms with Gasteiger partial charge in [-0.05, 0) is 54.0 Å². The Labute approximate surface area is 157 Å². The van der Waals surface area contributed by atoms with Crippen LogP contribution in [0.15, 0.2) is 37.4 Å². The van der Waals surface area contributed by atoms with Crippen LogP contribution in [0.2, 0.25) is 0 Å². The lowest BCUT2D eigenvalue weighted by Gasteiger charge is -2.26. The highest BCUT2D eigenvalue weighted by Gasteiger charge is 2.28. The summed E-state index contributed by atoms with van der Waals surface area (Å²) in [5.41, 5.74) is 0.776. The molecule has 1 unspecified atom stereocenters. The minimum atomic E-state index is -0.805. The molecule has 1 amide bonds. The number of rotatable bonds is 4. The van der Waals surface area contributed by atoms with Crippen molar-refractivity contribution in [2.24, 2.45) is 0 Å². The maximum atomic E-state index is 12.5. The van der Waals surface area contributed by atoms with E-state index in [1.165, 1.54) is 0 Å². The maximum Gasteiger partial charge on any atom is 0.408 e. The zero-order valence-electron chi connectivity index (χ0n) is 17.1. The number of carbonyl (C=O) groups is 2. The van der Waals surface area contributed by atoms with E-state index < -0.39 is 29.3 Å². The van der Waals surface area contributed by atoms with Gasteiger partial charge < -0.3 is 14.8 Å². The largest absolute Gasteiger partial charge is 0.458 e. The van der Waals surface area contributed by atoms with Crippen LogP contribution in [0.5, 0.6) is 0 Å². The van der Waals surface area contributed by atoms with E-state index in [9.17, 15) is 9.59 Å². The third-order valence-corrected chi connectivity index (χ3v) is 2.90. The highest BCUT2D eigenvalue weighted by Crippen LogP contribution is 2.14. The van der Waals surface area contributed by atoms with Crippen LogP contribution < -0.4 is 5.32 Å². The number of aryl methyl sites for hydroxylation is 1. The van der Waals surface area contributed by atoms with Crippen LogP contribution in [-0.4, -0.2) is 29.3 Å². The summed E-state index contributed by atoms with van der Waals surface area (Å²) in [6.07, 6.45) is -0.290. The van der Waals surface area contributed by atoms with Crippen LogP contribution in [0, 0.1) is 6.92 Å². The molecule has 0 aliphatic rings. The first-order chi connectivity index (χ1) is 11.9. The topological polar surface area (TPSA) is 64.6 Å². The molecule has 1 aromatic rings. The lowest BCUT2D eigenvalue weighted by molar-refractivity contribution is -0.157. The molecular weight excluding hydrogens is 330 g/mol. The predicted octanol–water partition coefficient (Wildman–Crippen LogP) is 4.57. The summed E-state index contributed by atoms with van der Waals surface area (Å²) >= 11 is 0. The number of benzene rings is 1. The Morgan fingerprint density at radius 2 is 1.58 bits per heavy atom. The molecule has 0 saturated carbocycles. The van der Waals surface area contributed by atoms with Crippen LogP contribution in [0.25, 0.3) is 0 Å². The number of nitrogens with one attached hydrogen (secondary N) is 1. The molecule has 0 saturated heterocycles. The van der Waals surface area contributed by atoms with Gasteiger partial charge in [-0.1, -0.05) is 29.8 Å². The van der Waals surface area contributed by atoms with Gasteiger partial charge >= 0.3 is 12.1 Å². The van der Waals surface area contributed by atoms with Crippen LogP contribution in [-0.2, 0) is 20.7 Å². The Morgan fingerprint density at radius 1 is 1.04 bits per heavy atom. The first-order valence-corrected chi connectivity index (χ1v) is 8.64. The molecule has 0 fully saturated rings. The second kappa shape index (κ2) is 10.00. The molecule has 0 radical (unpaired) electrons. The third kappa shape index (κ3) is 10.5. The Balaban J connectivity index is 0.00000301. The van der Waals surface area contributed by atoms with Crippen molar-refractivity contribution in [2.75, 3.05) is 0 Å². The van der Waals surface area contributed by atoms with Crippen LogP contribution in [0.3, 0.4) is 0 Å². The second-order valence-electron chi connectivity index (χ2n) is 7.93. The summed E-state index contributed by atoms with van der Waals surface area (Å²) in [7, 11) is 0. The minimum Gasteiger partial charge on any atom is -0.458 e. The summed E-state index contributed by atoms with van der Waals surface area (Å²) in [6, 6.07) is 6.99. The van der Waals surface area contributed by atoms with Gasteiger partial charge in [0.15, 0.2) is 0 Å². The molecule has 0 aromatic heterocycles. The summed E-state index contributed by atoms with van der Waals surface area (Å²) in [5.74, 6) is -0.477. The SMILES string of the molecule is C=C.Cc1cccc(CC(NC(=O)OC(C)(C)C)C(=O)OC(C)(C)C)c1. The number of ether oxygens (including phenoxy) is 2. The molecule has 5 heteroatoms. The lowest BCUT2D eigenvalue weighted by Crippen LogP contribution is -2.47. The fourth-order valence-corrected chi connectivity index (χ4v) is 2.09. The van der Waals surface area contributed by atoms with E-state index in [2.05, 4.69) is 18.5 Å². The molecular formula is C21H33NO4. The molecule has 5 nitrogen and oxygen atoms in total. The summed E-state index contributed by atoms with van der Waals surface area (Å²) < 4.78 is 10.7. The molecule has 0 bridgehead atoms. The molecule has 1 N–H and O–H groups in total. The highest BCUT2D eigenvalue weighted by atomic mass is 16.6. The number of carbonyl (C=O) groups excluding carboxylic acids is 2. The molecule has 0 aliphatic heterocycles. The van der Waals surface area contributed by atoms with Crippen molar-refractivity contribution >= 4 is 12.1 Å². The van der Waals surface area contributed by atoms with Gasteiger partial charge in [-0.25, -0.2) is 9.59 Å². The van der Waals surface area contributed by atoms with Crippen LogP contribution in [0.1, 0.15) is 52.7 Å². The zero-order valence-corrected chi connectivity index (χ0v) is 17.1. The van der Waals surface area contributed by atoms with Crippen molar-refractivity contribution in [3.05, 3.63) is 48.6 Å². The van der Waals surface area contributed by atoms with Gasteiger partial charge in [-0.2, -0.15) is 0 Å². The van der Waals surface area contributed by atoms with Crippen LogP contribution in [0.4, 0.5) is 4.79 Å². The molecule has 1 atom stereocenters. The van der Waals surface area contributed by atoms with Gasteiger partial charge in [0.05, 0.1) is 0 Å². The van der Waals surface area contributed by atoms with Gasteiger partial charge in [0, 0.05) is 6.42 Å². The fourth-order valence-electron chi connectivity index (χ4n) is 2.09. The average Bonchev–Trinajstić information content (AvgIpc) is 2.45. The fraction of sp³-hybridized carbons (Fsp3) is 0.524. The maximum absolute atomic E-state index is 12.5. The number of amides is 1. The second-order valence-corrected chi connectivity index (χ2v) is 7.93. The molecule has 1 aromatic carbocycles. The van der Waals surface area contributed by atoms with Gasteiger partial charge in [0.25, 0.3) is 0 Å². The van der Waals surface area contributed by atoms with Crippen molar-refractivity contribution in [2.45, 2.75) is 72.1 Å². The Morgan fingerprint density at radius 3 is 2.04 bits per heavy atom. The van der Waals surface area contributed by atoms with E-state index in [0.717, 1.165) is 11.1 Å². The van der Waals surface area contributed by atoms with Gasteiger partial charge in [-0.3, -0.25) is 0 Å². The Bertz CT molecular complexity index is 597. The first kappa shape index (κ1) is 23.7. The van der Waals surface area contributed by atoms with E-state index in [0.29, 0.717) is 6.42 Å². The van der Waals surface area contributed by atoms with E-state index in [1.54, 1.807) is 41.5 Å². The summed E-state index contributed by atoms with van der Waals surface area (Å²) in [4.78, 5) is 24.5. The number of esters is 1. The Kier molecular flexibility index (Phi) is 9.11. The molecule has 0 heterocycles. The number of hydrogen-bond donors (Lipinski definition) is 1. The van der Waals surface area contributed by atoms with Crippen molar-refractivity contribution in [1.29, 1.82) is 0 Å². The molecule has 146 valence electrons. The monoisotopic (exact) mass is 363 g/mol. The van der Waals surface area contributed by atoms with Crippen molar-refractivity contribution in [3.63, 3.8) is 0 Å². The standard InChI is InChI=1S/C19H29NO4.C2H4/c1-13-9-8-10-14(11-13)12-15(16(21)23-18(2,3)4)20-17(22)24-19(5,6)7;1-2/h8-11,15H,12H2,1-7H3,(H,20,22);1-2H2. The highest BCUT2D eigenvalue weighted by molar-refractivity contribution is 5.82. The van der Waals surface area contributed by atoms with Gasteiger partial charge in [-0.15, -0.1) is 13.2 Å². The summed E-state index contributed by atoms with van der Waals surface area (Å²) in [6.45, 7) is 18.7. The van der Waals surface area contributed by atoms with E-state index >= 15 is 0 Å². The molecule has 26 heavy (non-hydrogen) atoms. The van der Waals surface area contributed by atoms with Crippen molar-refractivity contribution < 1.29 is 19.1 Å². The van der Waals surface area contributed by atoms with E-state index in [4.69, 9.17) is 9.47 Å². The van der Waals surface area contributed by atoms with Crippen LogP contribution >= 0.6 is 0 Å². The zero-order chi connectivity index (χ0) is 20.5. The first-order valence-electron chi connectivity index (χ1n) is 8.64. The minimum absolute atomic E-state index is 0.343. The lowest BCUT2D eigenvalue weighted by atomic mass is 10.0. The Hall–Kier alpha value is -2.30. The smallest absolute Gasteiger partial charge is 0.408 e. The molecule has 1 rings (SSSR count). The predicted molar refractivity (Wildman–Crippen MR) is 105 cm³/mol. The molecule has 0 spiro atoms. The number of alkyl carbamates (subject to hydrolysis) is 1. The quantitative estimate of drug-likeness (QED) is 0.628. The number of hydrogen-bond acceptors (Lipinski definition) is 4.